The molecule has 0 atom stereocenters. The predicted molar refractivity (Wildman–Crippen MR) is 83.4 cm³/mol. The molecule has 0 aliphatic carbocycles. The zero-order valence-electron chi connectivity index (χ0n) is 10.7. The molecule has 5 nitrogen and oxygen atoms in total. The van der Waals surface area contributed by atoms with Crippen LogP contribution in [0.4, 0.5) is 5.69 Å². The maximum absolute atomic E-state index is 12.0. The van der Waals surface area contributed by atoms with E-state index in [0.717, 1.165) is 10.0 Å². The second-order valence-corrected chi connectivity index (χ2v) is 5.55. The van der Waals surface area contributed by atoms with Crippen LogP contribution >= 0.6 is 27.5 Å². The van der Waals surface area contributed by atoms with E-state index in [0.29, 0.717) is 10.6 Å². The number of nitro groups is 1. The highest BCUT2D eigenvalue weighted by Crippen LogP contribution is 2.21. The number of carbonyl (C=O) groups excluding carboxylic acids is 1. The number of amides is 1. The Morgan fingerprint density at radius 1 is 1.24 bits per heavy atom. The van der Waals surface area contributed by atoms with Crippen LogP contribution in [0.1, 0.15) is 15.9 Å². The number of hydrogen-bond donors (Lipinski definition) is 1. The molecule has 0 bridgehead atoms. The van der Waals surface area contributed by atoms with Gasteiger partial charge in [0.2, 0.25) is 0 Å². The summed E-state index contributed by atoms with van der Waals surface area (Å²) in [5.74, 6) is -0.300. The van der Waals surface area contributed by atoms with Crippen LogP contribution in [0, 0.1) is 10.1 Å². The van der Waals surface area contributed by atoms with Crippen LogP contribution in [-0.4, -0.2) is 10.8 Å². The summed E-state index contributed by atoms with van der Waals surface area (Å²) < 4.78 is 0.791. The molecule has 1 amide bonds. The smallest absolute Gasteiger partial charge is 0.269 e. The summed E-state index contributed by atoms with van der Waals surface area (Å²) in [7, 11) is 0. The van der Waals surface area contributed by atoms with Gasteiger partial charge in [-0.25, -0.2) is 0 Å². The second kappa shape index (κ2) is 6.69. The summed E-state index contributed by atoms with van der Waals surface area (Å²) in [5, 5.41) is 13.6. The number of nitrogens with one attached hydrogen (secondary N) is 1. The fourth-order valence-electron chi connectivity index (χ4n) is 1.69. The van der Waals surface area contributed by atoms with Crippen LogP contribution in [0.2, 0.25) is 5.02 Å². The Labute approximate surface area is 134 Å². The van der Waals surface area contributed by atoms with E-state index >= 15 is 0 Å². The van der Waals surface area contributed by atoms with Crippen molar-refractivity contribution in [3.63, 3.8) is 0 Å². The van der Waals surface area contributed by atoms with E-state index in [1.807, 2.05) is 0 Å². The highest BCUT2D eigenvalue weighted by atomic mass is 79.9. The largest absolute Gasteiger partial charge is 0.348 e. The van der Waals surface area contributed by atoms with Crippen molar-refractivity contribution in [3.8, 4) is 0 Å². The lowest BCUT2D eigenvalue weighted by Gasteiger charge is -2.07. The molecule has 1 N–H and O–H groups in total. The zero-order valence-corrected chi connectivity index (χ0v) is 13.0. The van der Waals surface area contributed by atoms with Gasteiger partial charge in [-0.2, -0.15) is 0 Å². The molecule has 0 saturated heterocycles. The Kier molecular flexibility index (Phi) is 4.93. The molecule has 0 radical (unpaired) electrons. The monoisotopic (exact) mass is 368 g/mol. The molecule has 0 unspecified atom stereocenters. The van der Waals surface area contributed by atoms with E-state index in [-0.39, 0.29) is 18.1 Å². The number of halogens is 2. The van der Waals surface area contributed by atoms with Crippen molar-refractivity contribution in [3.05, 3.63) is 73.2 Å². The lowest BCUT2D eigenvalue weighted by molar-refractivity contribution is -0.384. The van der Waals surface area contributed by atoms with Crippen LogP contribution in [-0.2, 0) is 6.54 Å². The topological polar surface area (TPSA) is 72.2 Å². The Morgan fingerprint density at radius 3 is 2.48 bits per heavy atom. The fraction of sp³-hybridized carbons (Fsp3) is 0.0714. The minimum atomic E-state index is -0.468. The van der Waals surface area contributed by atoms with E-state index in [9.17, 15) is 14.9 Å². The summed E-state index contributed by atoms with van der Waals surface area (Å²) in [6.07, 6.45) is 0. The van der Waals surface area contributed by atoms with Crippen LogP contribution in [0.5, 0.6) is 0 Å². The first-order chi connectivity index (χ1) is 9.97. The van der Waals surface area contributed by atoms with Crippen molar-refractivity contribution < 1.29 is 9.72 Å². The quantitative estimate of drug-likeness (QED) is 0.655. The molecule has 21 heavy (non-hydrogen) atoms. The van der Waals surface area contributed by atoms with Gasteiger partial charge < -0.3 is 5.32 Å². The van der Waals surface area contributed by atoms with Gasteiger partial charge in [-0.15, -0.1) is 0 Å². The summed E-state index contributed by atoms with van der Waals surface area (Å²) >= 11 is 9.26. The SMILES string of the molecule is O=C(NCc1ccc([N+](=O)[O-])cc1)c1ccc(Br)cc1Cl. The lowest BCUT2D eigenvalue weighted by atomic mass is 10.2. The second-order valence-electron chi connectivity index (χ2n) is 4.23. The Balaban J connectivity index is 2.02. The average molecular weight is 370 g/mol. The summed E-state index contributed by atoms with van der Waals surface area (Å²) in [6.45, 7) is 0.267. The number of hydrogen-bond acceptors (Lipinski definition) is 3. The van der Waals surface area contributed by atoms with Crippen LogP contribution < -0.4 is 5.32 Å². The van der Waals surface area contributed by atoms with Gasteiger partial charge >= 0.3 is 0 Å². The van der Waals surface area contributed by atoms with Crippen LogP contribution in [0.3, 0.4) is 0 Å². The minimum Gasteiger partial charge on any atom is -0.348 e. The van der Waals surface area contributed by atoms with Crippen LogP contribution in [0.25, 0.3) is 0 Å². The first-order valence-corrected chi connectivity index (χ1v) is 7.11. The molecule has 0 heterocycles. The first kappa shape index (κ1) is 15.5. The molecule has 7 heteroatoms. The molecule has 0 aliphatic heterocycles. The third-order valence-electron chi connectivity index (χ3n) is 2.78. The molecular weight excluding hydrogens is 360 g/mol. The molecule has 2 rings (SSSR count). The Morgan fingerprint density at radius 2 is 1.90 bits per heavy atom. The number of benzene rings is 2. The van der Waals surface area contributed by atoms with Gasteiger partial charge in [0.05, 0.1) is 15.5 Å². The van der Waals surface area contributed by atoms with Crippen LogP contribution in [0.15, 0.2) is 46.9 Å². The highest BCUT2D eigenvalue weighted by molar-refractivity contribution is 9.10. The van der Waals surface area contributed by atoms with Gasteiger partial charge in [0.15, 0.2) is 0 Å². The molecule has 0 spiro atoms. The fourth-order valence-corrected chi connectivity index (χ4v) is 2.45. The van der Waals surface area contributed by atoms with Crippen molar-refractivity contribution in [2.45, 2.75) is 6.54 Å². The summed E-state index contributed by atoms with van der Waals surface area (Å²) in [5.41, 5.74) is 1.16. The number of nitrogens with zero attached hydrogens (tertiary/aromatic N) is 1. The molecule has 2 aromatic rings. The van der Waals surface area contributed by atoms with Gasteiger partial charge in [-0.1, -0.05) is 39.7 Å². The van der Waals surface area contributed by atoms with E-state index in [4.69, 9.17) is 11.6 Å². The van der Waals surface area contributed by atoms with Crippen molar-refractivity contribution in [1.82, 2.24) is 5.32 Å². The number of non-ortho nitro benzene ring substituents is 1. The van der Waals surface area contributed by atoms with Crippen molar-refractivity contribution in [2.24, 2.45) is 0 Å². The third-order valence-corrected chi connectivity index (χ3v) is 3.58. The van der Waals surface area contributed by atoms with E-state index in [1.165, 1.54) is 12.1 Å². The first-order valence-electron chi connectivity index (χ1n) is 5.94. The zero-order chi connectivity index (χ0) is 15.4. The standard InChI is InChI=1S/C14H10BrClN2O3/c15-10-3-6-12(13(16)7-10)14(19)17-8-9-1-4-11(5-2-9)18(20)21/h1-7H,8H2,(H,17,19). The molecule has 0 aliphatic rings. The summed E-state index contributed by atoms with van der Waals surface area (Å²) in [4.78, 5) is 22.1. The van der Waals surface area contributed by atoms with Gasteiger partial charge in [-0.05, 0) is 23.8 Å². The molecule has 2 aromatic carbocycles. The molecule has 0 aromatic heterocycles. The van der Waals surface area contributed by atoms with Gasteiger partial charge in [-0.3, -0.25) is 14.9 Å². The van der Waals surface area contributed by atoms with E-state index in [1.54, 1.807) is 30.3 Å². The Bertz CT molecular complexity index is 689. The van der Waals surface area contributed by atoms with Crippen molar-refractivity contribution in [1.29, 1.82) is 0 Å². The maximum Gasteiger partial charge on any atom is 0.269 e. The van der Waals surface area contributed by atoms with Gasteiger partial charge in [0.25, 0.3) is 11.6 Å². The normalized spacial score (nSPS) is 10.2. The van der Waals surface area contributed by atoms with E-state index in [2.05, 4.69) is 21.2 Å². The molecule has 0 fully saturated rings. The van der Waals surface area contributed by atoms with Gasteiger partial charge in [0.1, 0.15) is 0 Å². The molecule has 108 valence electrons. The van der Waals surface area contributed by atoms with E-state index < -0.39 is 4.92 Å². The maximum atomic E-state index is 12.0. The average Bonchev–Trinajstić information content (AvgIpc) is 2.45. The Hall–Kier alpha value is -1.92. The summed E-state index contributed by atoms with van der Waals surface area (Å²) in [6, 6.07) is 11.0. The van der Waals surface area contributed by atoms with Crippen molar-refractivity contribution >= 4 is 39.1 Å². The molecule has 0 saturated carbocycles. The lowest BCUT2D eigenvalue weighted by Crippen LogP contribution is -2.23. The van der Waals surface area contributed by atoms with Crippen molar-refractivity contribution in [2.75, 3.05) is 0 Å². The number of nitro benzene ring substituents is 1. The number of carbonyl (C=O) groups is 1. The predicted octanol–water partition coefficient (Wildman–Crippen LogP) is 3.94. The third kappa shape index (κ3) is 4.03. The highest BCUT2D eigenvalue weighted by Gasteiger charge is 2.10. The molecular formula is C14H10BrClN2O3. The minimum absolute atomic E-state index is 0.0148. The van der Waals surface area contributed by atoms with Gasteiger partial charge in [0, 0.05) is 23.2 Å². The number of rotatable bonds is 4.